The molecule has 0 fully saturated rings. The summed E-state index contributed by atoms with van der Waals surface area (Å²) in [5.74, 6) is 0.427. The second-order valence-corrected chi connectivity index (χ2v) is 6.86. The molecular formula is C21H42O5. The lowest BCUT2D eigenvalue weighted by atomic mass is 9.96. The van der Waals surface area contributed by atoms with E-state index in [4.69, 9.17) is 18.9 Å². The molecule has 0 heterocycles. The Morgan fingerprint density at radius 2 is 1.42 bits per heavy atom. The zero-order valence-corrected chi connectivity index (χ0v) is 17.4. The van der Waals surface area contributed by atoms with Gasteiger partial charge in [-0.1, -0.05) is 52.4 Å². The van der Waals surface area contributed by atoms with Crippen molar-refractivity contribution in [3.63, 3.8) is 0 Å². The number of unbranched alkanes of at least 4 members (excludes halogenated alkanes) is 4. The molecule has 0 spiro atoms. The van der Waals surface area contributed by atoms with Gasteiger partial charge >= 0.3 is 5.97 Å². The average Bonchev–Trinajstić information content (AvgIpc) is 2.65. The Kier molecular flexibility index (Phi) is 20.1. The van der Waals surface area contributed by atoms with Gasteiger partial charge in [-0.15, -0.1) is 0 Å². The predicted octanol–water partition coefficient (Wildman–Crippen LogP) is 4.77. The molecule has 5 heteroatoms. The topological polar surface area (TPSA) is 54.0 Å². The molecule has 0 saturated carbocycles. The van der Waals surface area contributed by atoms with Gasteiger partial charge in [0.15, 0.2) is 0 Å². The molecule has 0 aromatic rings. The van der Waals surface area contributed by atoms with Crippen LogP contribution in [-0.2, 0) is 23.7 Å². The third kappa shape index (κ3) is 18.2. The molecule has 0 aliphatic rings. The zero-order chi connectivity index (χ0) is 19.3. The van der Waals surface area contributed by atoms with Crippen LogP contribution in [0.4, 0.5) is 0 Å². The first-order valence-corrected chi connectivity index (χ1v) is 10.5. The van der Waals surface area contributed by atoms with Gasteiger partial charge in [0.25, 0.3) is 0 Å². The Bertz CT molecular complexity index is 296. The maximum absolute atomic E-state index is 11.9. The summed E-state index contributed by atoms with van der Waals surface area (Å²) in [7, 11) is 1.65. The normalized spacial score (nSPS) is 12.3. The standard InChI is InChI=1S/C21H42O5/c1-4-6-8-9-12-20(11-7-5-2)19-26-21(22)13-10-14-24-17-18-25-16-15-23-3/h20H,4-19H2,1-3H3. The average molecular weight is 375 g/mol. The number of carbonyl (C=O) groups is 1. The molecule has 1 atom stereocenters. The minimum Gasteiger partial charge on any atom is -0.465 e. The molecule has 0 N–H and O–H groups in total. The summed E-state index contributed by atoms with van der Waals surface area (Å²) < 4.78 is 21.1. The van der Waals surface area contributed by atoms with Crippen LogP contribution in [0, 0.1) is 5.92 Å². The van der Waals surface area contributed by atoms with Crippen molar-refractivity contribution < 1.29 is 23.7 Å². The number of hydrogen-bond donors (Lipinski definition) is 0. The van der Waals surface area contributed by atoms with E-state index in [2.05, 4.69) is 13.8 Å². The Morgan fingerprint density at radius 3 is 2.12 bits per heavy atom. The largest absolute Gasteiger partial charge is 0.465 e. The first kappa shape index (κ1) is 25.4. The molecule has 0 aliphatic carbocycles. The van der Waals surface area contributed by atoms with Crippen molar-refractivity contribution in [2.45, 2.75) is 78.1 Å². The molecule has 0 bridgehead atoms. The van der Waals surface area contributed by atoms with Crippen LogP contribution in [0.25, 0.3) is 0 Å². The predicted molar refractivity (Wildman–Crippen MR) is 105 cm³/mol. The fourth-order valence-electron chi connectivity index (χ4n) is 2.73. The maximum atomic E-state index is 11.9. The second kappa shape index (κ2) is 20.7. The summed E-state index contributed by atoms with van der Waals surface area (Å²) >= 11 is 0. The van der Waals surface area contributed by atoms with Crippen molar-refractivity contribution in [2.75, 3.05) is 46.8 Å². The van der Waals surface area contributed by atoms with E-state index < -0.39 is 0 Å². The fourth-order valence-corrected chi connectivity index (χ4v) is 2.73. The SMILES string of the molecule is CCCCCCC(CCCC)COC(=O)CCCOCCOCCOC. The van der Waals surface area contributed by atoms with Gasteiger partial charge in [-0.25, -0.2) is 0 Å². The number of esters is 1. The highest BCUT2D eigenvalue weighted by Crippen LogP contribution is 2.18. The summed E-state index contributed by atoms with van der Waals surface area (Å²) in [6.45, 7) is 7.89. The molecule has 26 heavy (non-hydrogen) atoms. The Balaban J connectivity index is 3.64. The van der Waals surface area contributed by atoms with Gasteiger partial charge in [-0.3, -0.25) is 4.79 Å². The summed E-state index contributed by atoms with van der Waals surface area (Å²) in [5, 5.41) is 0. The van der Waals surface area contributed by atoms with Crippen molar-refractivity contribution in [2.24, 2.45) is 5.92 Å². The number of hydrogen-bond acceptors (Lipinski definition) is 5. The summed E-state index contributed by atoms with van der Waals surface area (Å²) in [4.78, 5) is 11.9. The van der Waals surface area contributed by atoms with Crippen LogP contribution in [0.3, 0.4) is 0 Å². The van der Waals surface area contributed by atoms with Gasteiger partial charge in [-0.2, -0.15) is 0 Å². The highest BCUT2D eigenvalue weighted by atomic mass is 16.5. The monoisotopic (exact) mass is 374 g/mol. The first-order valence-electron chi connectivity index (χ1n) is 10.5. The van der Waals surface area contributed by atoms with Crippen LogP contribution in [0.5, 0.6) is 0 Å². The third-order valence-corrected chi connectivity index (χ3v) is 4.39. The molecule has 0 aromatic heterocycles. The van der Waals surface area contributed by atoms with Crippen LogP contribution >= 0.6 is 0 Å². The Hall–Kier alpha value is -0.650. The number of carbonyl (C=O) groups excluding carboxylic acids is 1. The van der Waals surface area contributed by atoms with E-state index in [1.165, 1.54) is 51.4 Å². The number of rotatable bonds is 20. The molecule has 0 radical (unpaired) electrons. The molecule has 0 saturated heterocycles. The molecule has 0 aromatic carbocycles. The van der Waals surface area contributed by atoms with Gasteiger partial charge in [-0.05, 0) is 25.2 Å². The minimum absolute atomic E-state index is 0.0972. The maximum Gasteiger partial charge on any atom is 0.305 e. The van der Waals surface area contributed by atoms with Crippen LogP contribution in [0.1, 0.15) is 78.1 Å². The van der Waals surface area contributed by atoms with Crippen LogP contribution < -0.4 is 0 Å². The Morgan fingerprint density at radius 1 is 0.769 bits per heavy atom. The van der Waals surface area contributed by atoms with Gasteiger partial charge in [0, 0.05) is 20.1 Å². The van der Waals surface area contributed by atoms with E-state index in [1.807, 2.05) is 0 Å². The zero-order valence-electron chi connectivity index (χ0n) is 17.4. The third-order valence-electron chi connectivity index (χ3n) is 4.39. The van der Waals surface area contributed by atoms with Crippen molar-refractivity contribution in [3.05, 3.63) is 0 Å². The summed E-state index contributed by atoms with van der Waals surface area (Å²) in [6, 6.07) is 0. The minimum atomic E-state index is -0.0972. The summed E-state index contributed by atoms with van der Waals surface area (Å²) in [5.41, 5.74) is 0. The number of methoxy groups -OCH3 is 1. The molecule has 5 nitrogen and oxygen atoms in total. The van der Waals surface area contributed by atoms with Crippen molar-refractivity contribution in [1.29, 1.82) is 0 Å². The van der Waals surface area contributed by atoms with E-state index >= 15 is 0 Å². The molecule has 0 rings (SSSR count). The summed E-state index contributed by atoms with van der Waals surface area (Å²) in [6.07, 6.45) is 11.0. The lowest BCUT2D eigenvalue weighted by molar-refractivity contribution is -0.145. The lowest BCUT2D eigenvalue weighted by Crippen LogP contribution is -2.15. The molecule has 156 valence electrons. The molecule has 0 aliphatic heterocycles. The van der Waals surface area contributed by atoms with Gasteiger partial charge in [0.1, 0.15) is 0 Å². The number of ether oxygens (including phenoxy) is 4. The molecule has 0 amide bonds. The second-order valence-electron chi connectivity index (χ2n) is 6.86. The first-order chi connectivity index (χ1) is 12.7. The van der Waals surface area contributed by atoms with Crippen LogP contribution in [0.2, 0.25) is 0 Å². The Labute approximate surface area is 161 Å². The van der Waals surface area contributed by atoms with Gasteiger partial charge < -0.3 is 18.9 Å². The quantitative estimate of drug-likeness (QED) is 0.227. The highest BCUT2D eigenvalue weighted by molar-refractivity contribution is 5.69. The van der Waals surface area contributed by atoms with E-state index in [0.29, 0.717) is 58.4 Å². The van der Waals surface area contributed by atoms with E-state index in [0.717, 1.165) is 0 Å². The van der Waals surface area contributed by atoms with Gasteiger partial charge in [0.05, 0.1) is 33.0 Å². The van der Waals surface area contributed by atoms with E-state index in [1.54, 1.807) is 7.11 Å². The van der Waals surface area contributed by atoms with Gasteiger partial charge in [0.2, 0.25) is 0 Å². The van der Waals surface area contributed by atoms with Crippen molar-refractivity contribution in [3.8, 4) is 0 Å². The van der Waals surface area contributed by atoms with Crippen LogP contribution in [0.15, 0.2) is 0 Å². The van der Waals surface area contributed by atoms with Crippen LogP contribution in [-0.4, -0.2) is 52.7 Å². The van der Waals surface area contributed by atoms with Crippen molar-refractivity contribution in [1.82, 2.24) is 0 Å². The van der Waals surface area contributed by atoms with Crippen molar-refractivity contribution >= 4 is 5.97 Å². The van der Waals surface area contributed by atoms with E-state index in [-0.39, 0.29) is 5.97 Å². The van der Waals surface area contributed by atoms with E-state index in [9.17, 15) is 4.79 Å². The fraction of sp³-hybridized carbons (Fsp3) is 0.952. The highest BCUT2D eigenvalue weighted by Gasteiger charge is 2.11. The smallest absolute Gasteiger partial charge is 0.305 e. The lowest BCUT2D eigenvalue weighted by Gasteiger charge is -2.16. The molecular weight excluding hydrogens is 332 g/mol. The molecule has 1 unspecified atom stereocenters.